The van der Waals surface area contributed by atoms with Crippen molar-refractivity contribution in [1.82, 2.24) is 0 Å². The van der Waals surface area contributed by atoms with Crippen LogP contribution < -0.4 is 19.5 Å². The second-order valence-corrected chi connectivity index (χ2v) is 6.06. The van der Waals surface area contributed by atoms with E-state index in [1.165, 1.54) is 46.3 Å². The van der Waals surface area contributed by atoms with Crippen LogP contribution in [0.1, 0.15) is 24.2 Å². The Morgan fingerprint density at radius 2 is 1.66 bits per heavy atom. The highest BCUT2D eigenvalue weighted by Gasteiger charge is 2.18. The molecular weight excluding hydrogens is 378 g/mol. The Morgan fingerprint density at radius 3 is 2.31 bits per heavy atom. The summed E-state index contributed by atoms with van der Waals surface area (Å²) in [4.78, 5) is 35.5. The van der Waals surface area contributed by atoms with E-state index in [4.69, 9.17) is 18.9 Å². The Balaban J connectivity index is 2.02. The zero-order valence-electron chi connectivity index (χ0n) is 16.7. The number of hydrogen-bond acceptors (Lipinski definition) is 7. The third-order valence-corrected chi connectivity index (χ3v) is 4.00. The smallest absolute Gasteiger partial charge is 0.338 e. The van der Waals surface area contributed by atoms with Crippen molar-refractivity contribution < 1.29 is 33.3 Å². The molecule has 1 atom stereocenters. The summed E-state index contributed by atoms with van der Waals surface area (Å²) in [6.07, 6.45) is -0.844. The average Bonchev–Trinajstić information content (AvgIpc) is 2.72. The van der Waals surface area contributed by atoms with E-state index >= 15 is 0 Å². The Bertz CT molecular complexity index is 894. The lowest BCUT2D eigenvalue weighted by Crippen LogP contribution is -2.22. The summed E-state index contributed by atoms with van der Waals surface area (Å²) in [5, 5.41) is 2.70. The molecule has 0 bridgehead atoms. The number of carbonyl (C=O) groups is 3. The third kappa shape index (κ3) is 5.97. The third-order valence-electron chi connectivity index (χ3n) is 4.00. The molecule has 0 fully saturated rings. The number of amides is 1. The Kier molecular flexibility index (Phi) is 7.59. The van der Waals surface area contributed by atoms with Gasteiger partial charge in [0.05, 0.1) is 25.5 Å². The zero-order chi connectivity index (χ0) is 21.4. The van der Waals surface area contributed by atoms with Crippen molar-refractivity contribution in [2.45, 2.75) is 20.0 Å². The largest absolute Gasteiger partial charge is 0.495 e. The molecule has 0 aliphatic heterocycles. The van der Waals surface area contributed by atoms with Gasteiger partial charge in [-0.3, -0.25) is 9.59 Å². The molecule has 2 aromatic rings. The first-order valence-electron chi connectivity index (χ1n) is 8.80. The standard InChI is InChI=1S/C21H23NO7/c1-13(23)14(2)29-21(25)15-9-10-18(19(11-15)27-4)28-12-20(24)22-16-7-5-6-8-17(16)26-3/h5-11,14H,12H2,1-4H3,(H,22,24). The van der Waals surface area contributed by atoms with E-state index < -0.39 is 18.0 Å². The Hall–Kier alpha value is -3.55. The molecule has 0 saturated carbocycles. The lowest BCUT2D eigenvalue weighted by atomic mass is 10.2. The topological polar surface area (TPSA) is 100 Å². The van der Waals surface area contributed by atoms with Crippen molar-refractivity contribution in [2.75, 3.05) is 26.1 Å². The quantitative estimate of drug-likeness (QED) is 0.645. The lowest BCUT2D eigenvalue weighted by Gasteiger charge is -2.14. The summed E-state index contributed by atoms with van der Waals surface area (Å²) in [6.45, 7) is 2.56. The van der Waals surface area contributed by atoms with Crippen LogP contribution in [0.5, 0.6) is 17.2 Å². The number of benzene rings is 2. The highest BCUT2D eigenvalue weighted by Crippen LogP contribution is 2.29. The maximum absolute atomic E-state index is 12.2. The van der Waals surface area contributed by atoms with E-state index in [1.54, 1.807) is 24.3 Å². The van der Waals surface area contributed by atoms with Gasteiger partial charge in [-0.15, -0.1) is 0 Å². The molecule has 1 amide bonds. The van der Waals surface area contributed by atoms with E-state index in [0.29, 0.717) is 11.4 Å². The second kappa shape index (κ2) is 10.1. The highest BCUT2D eigenvalue weighted by molar-refractivity contribution is 5.94. The molecule has 0 aromatic heterocycles. The fourth-order valence-electron chi connectivity index (χ4n) is 2.30. The molecule has 2 aromatic carbocycles. The number of Topliss-reactive ketones (excluding diaryl/α,β-unsaturated/α-hetero) is 1. The van der Waals surface area contributed by atoms with E-state index in [-0.39, 0.29) is 29.5 Å². The summed E-state index contributed by atoms with van der Waals surface area (Å²) in [6, 6.07) is 11.4. The van der Waals surface area contributed by atoms with Gasteiger partial charge in [0.1, 0.15) is 5.75 Å². The molecule has 29 heavy (non-hydrogen) atoms. The van der Waals surface area contributed by atoms with E-state index in [0.717, 1.165) is 0 Å². The summed E-state index contributed by atoms with van der Waals surface area (Å²) >= 11 is 0. The number of nitrogens with one attached hydrogen (secondary N) is 1. The minimum absolute atomic E-state index is 0.195. The fraction of sp³-hybridized carbons (Fsp3) is 0.286. The van der Waals surface area contributed by atoms with E-state index in [1.807, 2.05) is 0 Å². The van der Waals surface area contributed by atoms with E-state index in [2.05, 4.69) is 5.32 Å². The molecule has 1 N–H and O–H groups in total. The molecule has 0 saturated heterocycles. The first-order valence-corrected chi connectivity index (χ1v) is 8.80. The number of ether oxygens (including phenoxy) is 4. The van der Waals surface area contributed by atoms with Crippen molar-refractivity contribution in [3.8, 4) is 17.2 Å². The number of methoxy groups -OCH3 is 2. The van der Waals surface area contributed by atoms with Crippen LogP contribution in [0.3, 0.4) is 0 Å². The van der Waals surface area contributed by atoms with Crippen LogP contribution in [-0.4, -0.2) is 44.6 Å². The van der Waals surface area contributed by atoms with Gasteiger partial charge in [-0.05, 0) is 44.2 Å². The van der Waals surface area contributed by atoms with Gasteiger partial charge < -0.3 is 24.3 Å². The fourth-order valence-corrected chi connectivity index (χ4v) is 2.30. The number of rotatable bonds is 9. The number of anilines is 1. The van der Waals surface area contributed by atoms with Gasteiger partial charge in [0.25, 0.3) is 5.91 Å². The molecule has 0 aliphatic rings. The number of carbonyl (C=O) groups excluding carboxylic acids is 3. The normalized spacial score (nSPS) is 11.2. The molecule has 0 radical (unpaired) electrons. The molecule has 1 unspecified atom stereocenters. The first kappa shape index (κ1) is 21.7. The monoisotopic (exact) mass is 401 g/mol. The van der Waals surface area contributed by atoms with Crippen LogP contribution in [0.25, 0.3) is 0 Å². The zero-order valence-corrected chi connectivity index (χ0v) is 16.7. The van der Waals surface area contributed by atoms with Gasteiger partial charge in [0.2, 0.25) is 0 Å². The van der Waals surface area contributed by atoms with Crippen molar-refractivity contribution in [3.63, 3.8) is 0 Å². The molecule has 0 heterocycles. The minimum atomic E-state index is -0.844. The second-order valence-electron chi connectivity index (χ2n) is 6.06. The molecular formula is C21H23NO7. The van der Waals surface area contributed by atoms with Gasteiger partial charge in [0.15, 0.2) is 30.0 Å². The lowest BCUT2D eigenvalue weighted by molar-refractivity contribution is -0.124. The van der Waals surface area contributed by atoms with Crippen LogP contribution in [0.4, 0.5) is 5.69 Å². The van der Waals surface area contributed by atoms with Gasteiger partial charge in [-0.2, -0.15) is 0 Å². The van der Waals surface area contributed by atoms with Gasteiger partial charge in [-0.1, -0.05) is 12.1 Å². The maximum Gasteiger partial charge on any atom is 0.338 e. The predicted octanol–water partition coefficient (Wildman–Crippen LogP) is 2.86. The van der Waals surface area contributed by atoms with E-state index in [9.17, 15) is 14.4 Å². The maximum atomic E-state index is 12.2. The predicted molar refractivity (Wildman–Crippen MR) is 106 cm³/mol. The molecule has 0 aliphatic carbocycles. The molecule has 8 heteroatoms. The van der Waals surface area contributed by atoms with Gasteiger partial charge in [0, 0.05) is 0 Å². The first-order chi connectivity index (χ1) is 13.8. The molecule has 0 spiro atoms. The molecule has 2 rings (SSSR count). The number of hydrogen-bond donors (Lipinski definition) is 1. The Labute approximate surface area is 168 Å². The summed E-state index contributed by atoms with van der Waals surface area (Å²) in [7, 11) is 2.92. The Morgan fingerprint density at radius 1 is 0.966 bits per heavy atom. The van der Waals surface area contributed by atoms with Gasteiger partial charge in [-0.25, -0.2) is 4.79 Å². The van der Waals surface area contributed by atoms with Crippen LogP contribution in [0.15, 0.2) is 42.5 Å². The average molecular weight is 401 g/mol. The van der Waals surface area contributed by atoms with Crippen LogP contribution in [-0.2, 0) is 14.3 Å². The summed E-state index contributed by atoms with van der Waals surface area (Å²) < 4.78 is 21.0. The SMILES string of the molecule is COc1ccccc1NC(=O)COc1ccc(C(=O)OC(C)C(C)=O)cc1OC. The molecule has 154 valence electrons. The van der Waals surface area contributed by atoms with Crippen LogP contribution >= 0.6 is 0 Å². The van der Waals surface area contributed by atoms with Crippen molar-refractivity contribution >= 4 is 23.3 Å². The van der Waals surface area contributed by atoms with Crippen molar-refractivity contribution in [3.05, 3.63) is 48.0 Å². The van der Waals surface area contributed by atoms with Crippen molar-refractivity contribution in [1.29, 1.82) is 0 Å². The minimum Gasteiger partial charge on any atom is -0.495 e. The number of ketones is 1. The molecule has 8 nitrogen and oxygen atoms in total. The number of para-hydroxylation sites is 2. The van der Waals surface area contributed by atoms with Gasteiger partial charge >= 0.3 is 5.97 Å². The van der Waals surface area contributed by atoms with Crippen LogP contribution in [0.2, 0.25) is 0 Å². The summed E-state index contributed by atoms with van der Waals surface area (Å²) in [5.41, 5.74) is 0.717. The highest BCUT2D eigenvalue weighted by atomic mass is 16.5. The van der Waals surface area contributed by atoms with Crippen molar-refractivity contribution in [2.24, 2.45) is 0 Å². The summed E-state index contributed by atoms with van der Waals surface area (Å²) in [5.74, 6) is -0.256. The number of esters is 1. The van der Waals surface area contributed by atoms with Crippen LogP contribution in [0, 0.1) is 0 Å².